The first-order valence-electron chi connectivity index (χ1n) is 11.4. The molecule has 9 heteroatoms. The van der Waals surface area contributed by atoms with Crippen molar-refractivity contribution < 1.29 is 22.3 Å². The molecule has 0 radical (unpaired) electrons. The number of amides is 1. The van der Waals surface area contributed by atoms with Gasteiger partial charge in [0.05, 0.1) is 10.6 Å². The van der Waals surface area contributed by atoms with Crippen LogP contribution < -0.4 is 14.4 Å². The van der Waals surface area contributed by atoms with Crippen LogP contribution in [0.2, 0.25) is 0 Å². The monoisotopic (exact) mass is 497 g/mol. The molecule has 3 aromatic carbocycles. The van der Waals surface area contributed by atoms with Gasteiger partial charge in [0, 0.05) is 32.7 Å². The third kappa shape index (κ3) is 6.17. The molecule has 0 unspecified atom stereocenters. The Kier molecular flexibility index (Phi) is 7.67. The van der Waals surface area contributed by atoms with Gasteiger partial charge in [0.1, 0.15) is 11.6 Å². The second-order valence-corrected chi connectivity index (χ2v) is 10.1. The molecule has 1 fully saturated rings. The van der Waals surface area contributed by atoms with E-state index >= 15 is 0 Å². The van der Waals surface area contributed by atoms with Gasteiger partial charge in [-0.05, 0) is 48.4 Å². The largest absolute Gasteiger partial charge is 0.483 e. The molecule has 184 valence electrons. The Morgan fingerprint density at radius 3 is 2.34 bits per heavy atom. The maximum Gasteiger partial charge on any atom is 0.260 e. The van der Waals surface area contributed by atoms with E-state index in [1.54, 1.807) is 36.1 Å². The van der Waals surface area contributed by atoms with Crippen molar-refractivity contribution in [1.29, 1.82) is 0 Å². The SMILES string of the molecule is Cc1cc(S(=O)(=O)NCc2ccccc2)ccc1OCC(=O)N1CCN(c2ccccc2F)CC1. The zero-order valence-corrected chi connectivity index (χ0v) is 20.3. The standard InChI is InChI=1S/C26H28FN3O4S/c1-20-17-22(35(32,33)28-18-21-7-3-2-4-8-21)11-12-25(20)34-19-26(31)30-15-13-29(14-16-30)24-10-6-5-9-23(24)27/h2-12,17,28H,13-16,18-19H2,1H3. The van der Waals surface area contributed by atoms with Crippen molar-refractivity contribution in [3.05, 3.63) is 89.7 Å². The van der Waals surface area contributed by atoms with Crippen LogP contribution in [0, 0.1) is 12.7 Å². The van der Waals surface area contributed by atoms with Crippen molar-refractivity contribution in [3.63, 3.8) is 0 Å². The summed E-state index contributed by atoms with van der Waals surface area (Å²) in [5.74, 6) is 0.0102. The summed E-state index contributed by atoms with van der Waals surface area (Å²) in [6.45, 7) is 3.79. The molecule has 1 N–H and O–H groups in total. The summed E-state index contributed by atoms with van der Waals surface area (Å²) in [4.78, 5) is 16.4. The van der Waals surface area contributed by atoms with Crippen LogP contribution in [-0.4, -0.2) is 52.0 Å². The topological polar surface area (TPSA) is 78.9 Å². The molecular weight excluding hydrogens is 469 g/mol. The average molecular weight is 498 g/mol. The lowest BCUT2D eigenvalue weighted by Gasteiger charge is -2.36. The summed E-state index contributed by atoms with van der Waals surface area (Å²) in [6, 6.07) is 20.4. The summed E-state index contributed by atoms with van der Waals surface area (Å²) in [7, 11) is -3.69. The smallest absolute Gasteiger partial charge is 0.260 e. The van der Waals surface area contributed by atoms with E-state index in [0.717, 1.165) is 5.56 Å². The van der Waals surface area contributed by atoms with Crippen molar-refractivity contribution in [2.75, 3.05) is 37.7 Å². The molecule has 1 aliphatic rings. The number of hydrogen-bond acceptors (Lipinski definition) is 5. The summed E-state index contributed by atoms with van der Waals surface area (Å²) in [6.07, 6.45) is 0. The Balaban J connectivity index is 1.30. The number of nitrogens with zero attached hydrogens (tertiary/aromatic N) is 2. The lowest BCUT2D eigenvalue weighted by atomic mass is 10.2. The quantitative estimate of drug-likeness (QED) is 0.517. The number of carbonyl (C=O) groups is 1. The van der Waals surface area contributed by atoms with E-state index in [1.807, 2.05) is 35.2 Å². The Bertz CT molecular complexity index is 1280. The number of aryl methyl sites for hydroxylation is 1. The number of nitrogens with one attached hydrogen (secondary N) is 1. The summed E-state index contributed by atoms with van der Waals surface area (Å²) >= 11 is 0. The molecule has 1 heterocycles. The van der Waals surface area contributed by atoms with E-state index < -0.39 is 10.0 Å². The number of anilines is 1. The number of rotatable bonds is 8. The van der Waals surface area contributed by atoms with Crippen molar-refractivity contribution >= 4 is 21.6 Å². The molecule has 35 heavy (non-hydrogen) atoms. The summed E-state index contributed by atoms with van der Waals surface area (Å²) < 4.78 is 47.6. The molecule has 0 saturated carbocycles. The fraction of sp³-hybridized carbons (Fsp3) is 0.269. The van der Waals surface area contributed by atoms with Crippen molar-refractivity contribution in [3.8, 4) is 5.75 Å². The van der Waals surface area contributed by atoms with Crippen LogP contribution in [0.3, 0.4) is 0 Å². The number of sulfonamides is 1. The Labute approximate surface area is 205 Å². The first-order valence-corrected chi connectivity index (χ1v) is 12.9. The molecule has 0 aliphatic carbocycles. The number of para-hydroxylation sites is 1. The lowest BCUT2D eigenvalue weighted by Crippen LogP contribution is -2.50. The van der Waals surface area contributed by atoms with Gasteiger partial charge in [0.2, 0.25) is 10.0 Å². The molecule has 7 nitrogen and oxygen atoms in total. The van der Waals surface area contributed by atoms with E-state index in [0.29, 0.717) is 43.2 Å². The maximum atomic E-state index is 14.0. The van der Waals surface area contributed by atoms with Gasteiger partial charge in [0.25, 0.3) is 5.91 Å². The minimum atomic E-state index is -3.69. The highest BCUT2D eigenvalue weighted by atomic mass is 32.2. The molecular formula is C26H28FN3O4S. The molecule has 3 aromatic rings. The molecule has 1 aliphatic heterocycles. The van der Waals surface area contributed by atoms with Crippen LogP contribution in [0.4, 0.5) is 10.1 Å². The van der Waals surface area contributed by atoms with E-state index in [1.165, 1.54) is 18.2 Å². The molecule has 0 spiro atoms. The van der Waals surface area contributed by atoms with Gasteiger partial charge in [-0.25, -0.2) is 17.5 Å². The molecule has 1 amide bonds. The van der Waals surface area contributed by atoms with Crippen LogP contribution in [0.1, 0.15) is 11.1 Å². The number of piperazine rings is 1. The molecule has 0 atom stereocenters. The summed E-state index contributed by atoms with van der Waals surface area (Å²) in [5, 5.41) is 0. The van der Waals surface area contributed by atoms with E-state index in [4.69, 9.17) is 4.74 Å². The van der Waals surface area contributed by atoms with Crippen LogP contribution in [0.15, 0.2) is 77.7 Å². The highest BCUT2D eigenvalue weighted by Crippen LogP contribution is 2.23. The molecule has 1 saturated heterocycles. The van der Waals surface area contributed by atoms with E-state index in [2.05, 4.69) is 4.72 Å². The van der Waals surface area contributed by atoms with Gasteiger partial charge in [-0.15, -0.1) is 0 Å². The van der Waals surface area contributed by atoms with Gasteiger partial charge in [-0.2, -0.15) is 0 Å². The predicted octanol–water partition coefficient (Wildman–Crippen LogP) is 3.34. The van der Waals surface area contributed by atoms with Crippen LogP contribution in [0.25, 0.3) is 0 Å². The number of benzene rings is 3. The first kappa shape index (κ1) is 24.7. The van der Waals surface area contributed by atoms with Gasteiger partial charge < -0.3 is 14.5 Å². The normalized spacial score (nSPS) is 14.1. The molecule has 0 aromatic heterocycles. The number of halogens is 1. The third-order valence-corrected chi connectivity index (χ3v) is 7.34. The number of hydrogen-bond donors (Lipinski definition) is 1. The zero-order valence-electron chi connectivity index (χ0n) is 19.5. The van der Waals surface area contributed by atoms with Gasteiger partial charge in [-0.1, -0.05) is 42.5 Å². The molecule has 4 rings (SSSR count). The van der Waals surface area contributed by atoms with E-state index in [9.17, 15) is 17.6 Å². The van der Waals surface area contributed by atoms with Crippen LogP contribution >= 0.6 is 0 Å². The van der Waals surface area contributed by atoms with Gasteiger partial charge in [0.15, 0.2) is 6.61 Å². The highest BCUT2D eigenvalue weighted by molar-refractivity contribution is 7.89. The first-order chi connectivity index (χ1) is 16.8. The molecule has 0 bridgehead atoms. The summed E-state index contributed by atoms with van der Waals surface area (Å²) in [5.41, 5.74) is 2.02. The fourth-order valence-electron chi connectivity index (χ4n) is 3.94. The number of ether oxygens (including phenoxy) is 1. The lowest BCUT2D eigenvalue weighted by molar-refractivity contribution is -0.133. The zero-order chi connectivity index (χ0) is 24.8. The highest BCUT2D eigenvalue weighted by Gasteiger charge is 2.23. The maximum absolute atomic E-state index is 14.0. The van der Waals surface area contributed by atoms with Crippen LogP contribution in [-0.2, 0) is 21.4 Å². The minimum Gasteiger partial charge on any atom is -0.483 e. The van der Waals surface area contributed by atoms with Crippen molar-refractivity contribution in [1.82, 2.24) is 9.62 Å². The number of carbonyl (C=O) groups excluding carboxylic acids is 1. The van der Waals surface area contributed by atoms with Crippen LogP contribution in [0.5, 0.6) is 5.75 Å². The second-order valence-electron chi connectivity index (χ2n) is 8.35. The Hall–Kier alpha value is -3.43. The van der Waals surface area contributed by atoms with Gasteiger partial charge >= 0.3 is 0 Å². The Morgan fingerprint density at radius 1 is 0.971 bits per heavy atom. The fourth-order valence-corrected chi connectivity index (χ4v) is 5.05. The third-order valence-electron chi connectivity index (χ3n) is 5.94. The average Bonchev–Trinajstić information content (AvgIpc) is 2.87. The van der Waals surface area contributed by atoms with Crippen molar-refractivity contribution in [2.24, 2.45) is 0 Å². The van der Waals surface area contributed by atoms with Gasteiger partial charge in [-0.3, -0.25) is 4.79 Å². The second kappa shape index (κ2) is 10.9. The minimum absolute atomic E-state index is 0.133. The predicted molar refractivity (Wildman–Crippen MR) is 132 cm³/mol. The Morgan fingerprint density at radius 2 is 1.66 bits per heavy atom. The van der Waals surface area contributed by atoms with E-state index in [-0.39, 0.29) is 29.8 Å². The van der Waals surface area contributed by atoms with Crippen molar-refractivity contribution in [2.45, 2.75) is 18.4 Å².